The van der Waals surface area contributed by atoms with E-state index in [1.54, 1.807) is 19.1 Å². The Balaban J connectivity index is 1.53. The quantitative estimate of drug-likeness (QED) is 0.207. The zero-order chi connectivity index (χ0) is 26.6. The van der Waals surface area contributed by atoms with Crippen LogP contribution < -0.4 is 4.74 Å². The average molecular weight is 591 g/mol. The molecule has 4 aromatic rings. The first kappa shape index (κ1) is 26.3. The van der Waals surface area contributed by atoms with Crippen molar-refractivity contribution in [2.24, 2.45) is 4.99 Å². The average Bonchev–Trinajstić information content (AvgIpc) is 3.37. The molecule has 0 atom stereocenters. The van der Waals surface area contributed by atoms with Crippen molar-refractivity contribution in [3.8, 4) is 5.75 Å². The highest BCUT2D eigenvalue weighted by atomic mass is 79.9. The van der Waals surface area contributed by atoms with Crippen LogP contribution in [0, 0.1) is 6.92 Å². The van der Waals surface area contributed by atoms with Gasteiger partial charge in [0.1, 0.15) is 5.75 Å². The number of amides is 1. The molecule has 5 rings (SSSR count). The Hall–Kier alpha value is -3.33. The number of para-hydroxylation sites is 1. The number of thioether (sulfide) groups is 1. The van der Waals surface area contributed by atoms with E-state index < -0.39 is 0 Å². The second kappa shape index (κ2) is 11.6. The second-order valence-corrected chi connectivity index (χ2v) is 10.8. The molecule has 1 aromatic heterocycles. The summed E-state index contributed by atoms with van der Waals surface area (Å²) in [6, 6.07) is 24.2. The van der Waals surface area contributed by atoms with Crippen LogP contribution in [0.2, 0.25) is 0 Å². The van der Waals surface area contributed by atoms with Crippen molar-refractivity contribution in [2.75, 3.05) is 27.4 Å². The van der Waals surface area contributed by atoms with Crippen molar-refractivity contribution in [3.63, 3.8) is 0 Å². The zero-order valence-corrected chi connectivity index (χ0v) is 23.9. The summed E-state index contributed by atoms with van der Waals surface area (Å²) >= 11 is 4.92. The van der Waals surface area contributed by atoms with Gasteiger partial charge in [-0.3, -0.25) is 9.69 Å². The zero-order valence-electron chi connectivity index (χ0n) is 21.5. The molecular formula is C30H28BrN3O3S. The third-order valence-electron chi connectivity index (χ3n) is 6.51. The Morgan fingerprint density at radius 3 is 2.45 bits per heavy atom. The van der Waals surface area contributed by atoms with E-state index in [-0.39, 0.29) is 5.91 Å². The summed E-state index contributed by atoms with van der Waals surface area (Å²) in [6.45, 7) is 3.71. The number of halogens is 1. The highest BCUT2D eigenvalue weighted by Gasteiger charge is 2.33. The van der Waals surface area contributed by atoms with Gasteiger partial charge in [0.2, 0.25) is 0 Å². The Morgan fingerprint density at radius 1 is 1.00 bits per heavy atom. The molecule has 1 fully saturated rings. The van der Waals surface area contributed by atoms with Crippen LogP contribution in [0.4, 0.5) is 5.69 Å². The highest BCUT2D eigenvalue weighted by Crippen LogP contribution is 2.37. The lowest BCUT2D eigenvalue weighted by Crippen LogP contribution is -2.32. The maximum Gasteiger partial charge on any atom is 0.266 e. The molecule has 1 aliphatic rings. The number of ether oxygens (including phenoxy) is 2. The van der Waals surface area contributed by atoms with E-state index in [1.807, 2.05) is 36.4 Å². The molecule has 38 heavy (non-hydrogen) atoms. The molecule has 0 saturated carbocycles. The molecule has 0 radical (unpaired) electrons. The monoisotopic (exact) mass is 589 g/mol. The number of rotatable bonds is 8. The molecule has 1 aliphatic heterocycles. The summed E-state index contributed by atoms with van der Waals surface area (Å²) in [4.78, 5) is 20.7. The maximum atomic E-state index is 13.6. The Morgan fingerprint density at radius 2 is 1.74 bits per heavy atom. The van der Waals surface area contributed by atoms with E-state index in [0.29, 0.717) is 23.2 Å². The number of hydrogen-bond donors (Lipinski definition) is 0. The SMILES string of the molecule is COCCN1C(=O)/C(=C/c2c(C)n(Cc3ccc(Br)cc3)c3ccccc23)SC1=Nc1ccc(OC)cc1. The van der Waals surface area contributed by atoms with E-state index >= 15 is 0 Å². The molecule has 0 N–H and O–H groups in total. The van der Waals surface area contributed by atoms with Crippen molar-refractivity contribution >= 4 is 61.4 Å². The second-order valence-electron chi connectivity index (χ2n) is 8.88. The van der Waals surface area contributed by atoms with Gasteiger partial charge in [-0.15, -0.1) is 0 Å². The third-order valence-corrected chi connectivity index (χ3v) is 8.05. The lowest BCUT2D eigenvalue weighted by molar-refractivity contribution is -0.122. The number of carbonyl (C=O) groups is 1. The molecule has 2 heterocycles. The van der Waals surface area contributed by atoms with Crippen LogP contribution in [0.25, 0.3) is 17.0 Å². The predicted octanol–water partition coefficient (Wildman–Crippen LogP) is 7.02. The van der Waals surface area contributed by atoms with Crippen LogP contribution in [0.15, 0.2) is 87.2 Å². The van der Waals surface area contributed by atoms with Gasteiger partial charge in [-0.2, -0.15) is 0 Å². The molecule has 1 saturated heterocycles. The lowest BCUT2D eigenvalue weighted by atomic mass is 10.1. The summed E-state index contributed by atoms with van der Waals surface area (Å²) in [6.07, 6.45) is 2.01. The summed E-state index contributed by atoms with van der Waals surface area (Å²) in [7, 11) is 3.27. The van der Waals surface area contributed by atoms with Crippen LogP contribution in [0.1, 0.15) is 16.8 Å². The summed E-state index contributed by atoms with van der Waals surface area (Å²) < 4.78 is 13.9. The number of carbonyl (C=O) groups excluding carboxylic acids is 1. The number of amidine groups is 1. The van der Waals surface area contributed by atoms with Crippen LogP contribution in [-0.4, -0.2) is 47.9 Å². The topological polar surface area (TPSA) is 56.1 Å². The van der Waals surface area contributed by atoms with Gasteiger partial charge in [-0.05, 0) is 72.8 Å². The van der Waals surface area contributed by atoms with Crippen LogP contribution in [0.5, 0.6) is 5.75 Å². The minimum Gasteiger partial charge on any atom is -0.497 e. The van der Waals surface area contributed by atoms with Gasteiger partial charge in [0.05, 0.1) is 30.9 Å². The largest absolute Gasteiger partial charge is 0.497 e. The first-order valence-corrected chi connectivity index (χ1v) is 13.8. The smallest absolute Gasteiger partial charge is 0.266 e. The van der Waals surface area contributed by atoms with E-state index in [2.05, 4.69) is 69.9 Å². The Labute approximate surface area is 235 Å². The molecule has 0 bridgehead atoms. The van der Waals surface area contributed by atoms with E-state index in [0.717, 1.165) is 44.6 Å². The van der Waals surface area contributed by atoms with Crippen molar-refractivity contribution < 1.29 is 14.3 Å². The van der Waals surface area contributed by atoms with Crippen molar-refractivity contribution in [2.45, 2.75) is 13.5 Å². The van der Waals surface area contributed by atoms with E-state index in [9.17, 15) is 4.79 Å². The fourth-order valence-corrected chi connectivity index (χ4v) is 5.76. The van der Waals surface area contributed by atoms with E-state index in [1.165, 1.54) is 17.3 Å². The molecule has 1 amide bonds. The Bertz CT molecular complexity index is 1530. The number of aliphatic imine (C=N–C) groups is 1. The molecule has 6 nitrogen and oxygen atoms in total. The highest BCUT2D eigenvalue weighted by molar-refractivity contribution is 9.10. The number of aromatic nitrogens is 1. The molecular weight excluding hydrogens is 562 g/mol. The molecule has 0 unspecified atom stereocenters. The molecule has 0 spiro atoms. The summed E-state index contributed by atoms with van der Waals surface area (Å²) in [5.41, 5.74) is 5.26. The van der Waals surface area contributed by atoms with Crippen molar-refractivity contribution in [3.05, 3.63) is 99.0 Å². The van der Waals surface area contributed by atoms with Crippen LogP contribution >= 0.6 is 27.7 Å². The third kappa shape index (κ3) is 5.43. The number of methoxy groups -OCH3 is 2. The normalized spacial score (nSPS) is 15.8. The fraction of sp³-hybridized carbons (Fsp3) is 0.200. The molecule has 194 valence electrons. The lowest BCUT2D eigenvalue weighted by Gasteiger charge is -2.14. The number of benzene rings is 3. The molecule has 0 aliphatic carbocycles. The first-order chi connectivity index (χ1) is 18.5. The summed E-state index contributed by atoms with van der Waals surface area (Å²) in [5, 5.41) is 1.76. The number of hydrogen-bond acceptors (Lipinski definition) is 5. The van der Waals surface area contributed by atoms with Crippen LogP contribution in [-0.2, 0) is 16.1 Å². The number of fused-ring (bicyclic) bond motifs is 1. The first-order valence-electron chi connectivity index (χ1n) is 12.2. The predicted molar refractivity (Wildman–Crippen MR) is 159 cm³/mol. The molecule has 3 aromatic carbocycles. The maximum absolute atomic E-state index is 13.6. The summed E-state index contributed by atoms with van der Waals surface area (Å²) in [5.74, 6) is 0.694. The standard InChI is InChI=1S/C30H28BrN3O3S/c1-20-26(25-6-4-5-7-27(25)34(20)19-21-8-10-22(31)11-9-21)18-28-29(35)33(16-17-36-2)30(38-28)32-23-12-14-24(37-3)15-13-23/h4-15,18H,16-17,19H2,1-3H3/b28-18-,32-30?. The van der Waals surface area contributed by atoms with Gasteiger partial charge in [-0.1, -0.05) is 46.3 Å². The van der Waals surface area contributed by atoms with Gasteiger partial charge in [-0.25, -0.2) is 4.99 Å². The van der Waals surface area contributed by atoms with Gasteiger partial charge in [0.15, 0.2) is 5.17 Å². The van der Waals surface area contributed by atoms with Gasteiger partial charge in [0.25, 0.3) is 5.91 Å². The van der Waals surface area contributed by atoms with E-state index in [4.69, 9.17) is 14.5 Å². The fourth-order valence-electron chi connectivity index (χ4n) is 4.49. The Kier molecular flexibility index (Phi) is 8.02. The number of nitrogens with zero attached hydrogens (tertiary/aromatic N) is 3. The van der Waals surface area contributed by atoms with Gasteiger partial charge < -0.3 is 14.0 Å². The van der Waals surface area contributed by atoms with Crippen molar-refractivity contribution in [1.82, 2.24) is 9.47 Å². The van der Waals surface area contributed by atoms with Gasteiger partial charge >= 0.3 is 0 Å². The minimum absolute atomic E-state index is 0.0662. The van der Waals surface area contributed by atoms with Crippen molar-refractivity contribution in [1.29, 1.82) is 0 Å². The molecule has 8 heteroatoms. The minimum atomic E-state index is -0.0662. The van der Waals surface area contributed by atoms with Gasteiger partial charge in [0, 0.05) is 40.3 Å². The van der Waals surface area contributed by atoms with Crippen LogP contribution in [0.3, 0.4) is 0 Å².